The number of allylic oxidation sites excluding steroid dienone is 1. The first-order chi connectivity index (χ1) is 19.0. The van der Waals surface area contributed by atoms with Crippen molar-refractivity contribution in [2.45, 2.75) is 13.1 Å². The first kappa shape index (κ1) is 23.8. The minimum absolute atomic E-state index is 0.149. The summed E-state index contributed by atoms with van der Waals surface area (Å²) < 4.78 is 19.1. The lowest BCUT2D eigenvalue weighted by molar-refractivity contribution is 0.101. The van der Waals surface area contributed by atoms with Gasteiger partial charge in [-0.15, -0.1) is 0 Å². The maximum atomic E-state index is 13.3. The second kappa shape index (κ2) is 9.48. The minimum Gasteiger partial charge on any atom is -0.507 e. The summed E-state index contributed by atoms with van der Waals surface area (Å²) in [5.74, 6) is 2.34. The van der Waals surface area contributed by atoms with Crippen molar-refractivity contribution in [2.24, 2.45) is 7.05 Å². The molecule has 8 nitrogen and oxygen atoms in total. The van der Waals surface area contributed by atoms with E-state index in [0.29, 0.717) is 23.4 Å². The third-order valence-electron chi connectivity index (χ3n) is 7.82. The molecule has 0 atom stereocenters. The molecule has 39 heavy (non-hydrogen) atoms. The van der Waals surface area contributed by atoms with E-state index in [4.69, 9.17) is 14.2 Å². The molecule has 1 aromatic heterocycles. The molecule has 0 bridgehead atoms. The van der Waals surface area contributed by atoms with Crippen molar-refractivity contribution < 1.29 is 24.1 Å². The van der Waals surface area contributed by atoms with Gasteiger partial charge in [0, 0.05) is 69.0 Å². The average Bonchev–Trinajstić information content (AvgIpc) is 3.63. The van der Waals surface area contributed by atoms with Gasteiger partial charge in [0.15, 0.2) is 17.3 Å². The number of benzene rings is 3. The highest BCUT2D eigenvalue weighted by Gasteiger charge is 2.32. The highest BCUT2D eigenvalue weighted by atomic mass is 16.7. The summed E-state index contributed by atoms with van der Waals surface area (Å²) >= 11 is 0. The number of ether oxygens (including phenoxy) is 3. The molecule has 7 rings (SSSR count). The van der Waals surface area contributed by atoms with E-state index in [-0.39, 0.29) is 24.1 Å². The fraction of sp³-hybridized carbons (Fsp3) is 0.258. The molecule has 3 aliphatic heterocycles. The number of ketones is 1. The monoisotopic (exact) mass is 523 g/mol. The predicted octanol–water partition coefficient (Wildman–Crippen LogP) is 4.55. The fourth-order valence-electron chi connectivity index (χ4n) is 5.71. The smallest absolute Gasteiger partial charge is 0.231 e. The van der Waals surface area contributed by atoms with Gasteiger partial charge in [-0.1, -0.05) is 24.3 Å². The predicted molar refractivity (Wildman–Crippen MR) is 147 cm³/mol. The third kappa shape index (κ3) is 4.31. The largest absolute Gasteiger partial charge is 0.507 e. The lowest BCUT2D eigenvalue weighted by Gasteiger charge is -2.35. The van der Waals surface area contributed by atoms with Gasteiger partial charge >= 0.3 is 0 Å². The van der Waals surface area contributed by atoms with E-state index >= 15 is 0 Å². The van der Waals surface area contributed by atoms with Crippen molar-refractivity contribution in [3.63, 3.8) is 0 Å². The number of phenols is 1. The first-order valence-electron chi connectivity index (χ1n) is 13.2. The van der Waals surface area contributed by atoms with Gasteiger partial charge in [0.2, 0.25) is 12.6 Å². The number of hydrogen-bond acceptors (Lipinski definition) is 7. The van der Waals surface area contributed by atoms with Gasteiger partial charge in [-0.3, -0.25) is 14.6 Å². The van der Waals surface area contributed by atoms with Crippen LogP contribution in [0, 0.1) is 0 Å². The Bertz CT molecular complexity index is 1630. The number of nitrogens with zero attached hydrogens (tertiary/aromatic N) is 3. The van der Waals surface area contributed by atoms with E-state index in [0.717, 1.165) is 60.7 Å². The van der Waals surface area contributed by atoms with Gasteiger partial charge in [0.05, 0.1) is 11.1 Å². The van der Waals surface area contributed by atoms with Gasteiger partial charge in [-0.05, 0) is 42.0 Å². The third-order valence-corrected chi connectivity index (χ3v) is 7.82. The molecule has 3 aromatic carbocycles. The second-order valence-electron chi connectivity index (χ2n) is 10.3. The molecule has 1 N–H and O–H groups in total. The minimum atomic E-state index is -0.160. The molecule has 0 spiro atoms. The summed E-state index contributed by atoms with van der Waals surface area (Å²) in [5.41, 5.74) is 4.36. The molecule has 1 saturated heterocycles. The van der Waals surface area contributed by atoms with Crippen LogP contribution in [0.1, 0.15) is 27.0 Å². The molecular weight excluding hydrogens is 494 g/mol. The molecule has 0 saturated carbocycles. The Balaban J connectivity index is 1.06. The number of Topliss-reactive ketones (excluding diaryl/α,β-unsaturated/α-hetero) is 1. The number of piperazine rings is 1. The van der Waals surface area contributed by atoms with Crippen LogP contribution in [0.5, 0.6) is 23.0 Å². The maximum Gasteiger partial charge on any atom is 0.231 e. The van der Waals surface area contributed by atoms with E-state index in [9.17, 15) is 9.90 Å². The molecule has 0 radical (unpaired) electrons. The second-order valence-corrected chi connectivity index (χ2v) is 10.3. The number of fused-ring (bicyclic) bond motifs is 3. The topological polar surface area (TPSA) is 76.4 Å². The number of hydrogen-bond donors (Lipinski definition) is 1. The van der Waals surface area contributed by atoms with Crippen LogP contribution in [0.3, 0.4) is 0 Å². The molecule has 0 aliphatic carbocycles. The molecule has 0 amide bonds. The van der Waals surface area contributed by atoms with Crippen LogP contribution in [-0.2, 0) is 20.1 Å². The normalized spacial score (nSPS) is 18.2. The van der Waals surface area contributed by atoms with Crippen molar-refractivity contribution in [3.05, 3.63) is 88.8 Å². The van der Waals surface area contributed by atoms with E-state index in [1.54, 1.807) is 18.2 Å². The van der Waals surface area contributed by atoms with Gasteiger partial charge in [-0.2, -0.15) is 0 Å². The lowest BCUT2D eigenvalue weighted by atomic mass is 10.0. The number of carbonyl (C=O) groups is 1. The Morgan fingerprint density at radius 2 is 1.69 bits per heavy atom. The lowest BCUT2D eigenvalue weighted by Crippen LogP contribution is -2.45. The number of phenolic OH excluding ortho intramolecular Hbond substituents is 1. The molecule has 4 aromatic rings. The van der Waals surface area contributed by atoms with E-state index < -0.39 is 0 Å². The van der Waals surface area contributed by atoms with Crippen LogP contribution in [0.4, 0.5) is 0 Å². The van der Waals surface area contributed by atoms with Crippen molar-refractivity contribution in [1.82, 2.24) is 14.4 Å². The zero-order valence-corrected chi connectivity index (χ0v) is 21.7. The Labute approximate surface area is 226 Å². The molecule has 198 valence electrons. The van der Waals surface area contributed by atoms with E-state index in [1.165, 1.54) is 5.56 Å². The molecule has 8 heteroatoms. The molecule has 1 fully saturated rings. The molecule has 0 unspecified atom stereocenters. The van der Waals surface area contributed by atoms with Crippen molar-refractivity contribution >= 4 is 22.8 Å². The van der Waals surface area contributed by atoms with Crippen LogP contribution in [-0.4, -0.2) is 58.2 Å². The Morgan fingerprint density at radius 3 is 2.54 bits per heavy atom. The van der Waals surface area contributed by atoms with Crippen LogP contribution in [0.15, 0.2) is 66.6 Å². The Kier molecular flexibility index (Phi) is 5.79. The standard InChI is InChI=1S/C31H29N3O5/c1-32-17-21(22-4-2-3-5-25(22)32)15-29-30(36)23-7-8-26(35)24(31(23)39-29)18-34-12-10-33(11-13-34)16-20-6-9-27-28(14-20)38-19-37-27/h2-9,14-15,17,35H,10-13,16,18-19H2,1H3/b29-15-. The maximum absolute atomic E-state index is 13.3. The highest BCUT2D eigenvalue weighted by molar-refractivity contribution is 6.15. The Hall–Kier alpha value is -4.27. The van der Waals surface area contributed by atoms with Gasteiger partial charge < -0.3 is 23.9 Å². The molecule has 4 heterocycles. The quantitative estimate of drug-likeness (QED) is 0.385. The summed E-state index contributed by atoms with van der Waals surface area (Å²) in [6, 6.07) is 17.4. The van der Waals surface area contributed by atoms with Crippen molar-refractivity contribution in [1.29, 1.82) is 0 Å². The summed E-state index contributed by atoms with van der Waals surface area (Å²) in [6.45, 7) is 5.13. The molecular formula is C31H29N3O5. The van der Waals surface area contributed by atoms with Crippen LogP contribution in [0.2, 0.25) is 0 Å². The highest BCUT2D eigenvalue weighted by Crippen LogP contribution is 2.41. The number of aromatic hydroxyl groups is 1. The van der Waals surface area contributed by atoms with Crippen LogP contribution >= 0.6 is 0 Å². The number of carbonyl (C=O) groups excluding carboxylic acids is 1. The van der Waals surface area contributed by atoms with E-state index in [2.05, 4.69) is 28.0 Å². The van der Waals surface area contributed by atoms with Gasteiger partial charge in [0.25, 0.3) is 0 Å². The SMILES string of the molecule is Cn1cc(/C=C2\Oc3c(ccc(O)c3CN3CCN(Cc4ccc5c(c4)OCO5)CC3)C2=O)c2ccccc21. The van der Waals surface area contributed by atoms with Crippen molar-refractivity contribution in [3.8, 4) is 23.0 Å². The number of rotatable bonds is 5. The fourth-order valence-corrected chi connectivity index (χ4v) is 5.71. The van der Waals surface area contributed by atoms with E-state index in [1.807, 2.05) is 42.1 Å². The van der Waals surface area contributed by atoms with Crippen LogP contribution < -0.4 is 14.2 Å². The summed E-state index contributed by atoms with van der Waals surface area (Å²) in [6.07, 6.45) is 3.80. The summed E-state index contributed by atoms with van der Waals surface area (Å²) in [5, 5.41) is 11.8. The number of aryl methyl sites for hydroxylation is 1. The number of para-hydroxylation sites is 1. The zero-order chi connectivity index (χ0) is 26.5. The Morgan fingerprint density at radius 1 is 0.923 bits per heavy atom. The van der Waals surface area contributed by atoms with Gasteiger partial charge in [-0.25, -0.2) is 0 Å². The van der Waals surface area contributed by atoms with Crippen molar-refractivity contribution in [2.75, 3.05) is 33.0 Å². The van der Waals surface area contributed by atoms with Crippen LogP contribution in [0.25, 0.3) is 17.0 Å². The van der Waals surface area contributed by atoms with Gasteiger partial charge in [0.1, 0.15) is 11.5 Å². The first-order valence-corrected chi connectivity index (χ1v) is 13.2. The summed E-state index contributed by atoms with van der Waals surface area (Å²) in [7, 11) is 1.99. The number of aromatic nitrogens is 1. The molecule has 3 aliphatic rings. The summed E-state index contributed by atoms with van der Waals surface area (Å²) in [4.78, 5) is 18.0. The zero-order valence-electron chi connectivity index (χ0n) is 21.7. The average molecular weight is 524 g/mol.